The Balaban J connectivity index is 2.27. The van der Waals surface area contributed by atoms with Gasteiger partial charge in [-0.25, -0.2) is 0 Å². The van der Waals surface area contributed by atoms with E-state index >= 15 is 0 Å². The van der Waals surface area contributed by atoms with Crippen LogP contribution in [0.25, 0.3) is 0 Å². The van der Waals surface area contributed by atoms with Crippen LogP contribution in [-0.4, -0.2) is 32.1 Å². The van der Waals surface area contributed by atoms with E-state index in [1.54, 1.807) is 0 Å². The second-order valence-electron chi connectivity index (χ2n) is 6.25. The Morgan fingerprint density at radius 1 is 1.30 bits per heavy atom. The van der Waals surface area contributed by atoms with E-state index in [-0.39, 0.29) is 11.3 Å². The highest BCUT2D eigenvalue weighted by molar-refractivity contribution is 5.82. The van der Waals surface area contributed by atoms with Crippen molar-refractivity contribution in [2.45, 2.75) is 33.2 Å². The molecule has 0 radical (unpaired) electrons. The van der Waals surface area contributed by atoms with Crippen LogP contribution in [0.1, 0.15) is 27.2 Å². The second-order valence-corrected chi connectivity index (χ2v) is 6.25. The molecule has 112 valence electrons. The van der Waals surface area contributed by atoms with Crippen molar-refractivity contribution in [2.75, 3.05) is 25.0 Å². The van der Waals surface area contributed by atoms with Gasteiger partial charge in [-0.2, -0.15) is 0 Å². The smallest absolute Gasteiger partial charge is 0.237 e. The Morgan fingerprint density at radius 3 is 2.45 bits per heavy atom. The summed E-state index contributed by atoms with van der Waals surface area (Å²) in [5, 5.41) is 2.91. The van der Waals surface area contributed by atoms with Crippen molar-refractivity contribution >= 4 is 11.6 Å². The van der Waals surface area contributed by atoms with Gasteiger partial charge >= 0.3 is 0 Å². The van der Waals surface area contributed by atoms with Gasteiger partial charge in [0.15, 0.2) is 0 Å². The number of nitrogens with two attached hydrogens (primary N) is 1. The molecule has 0 aliphatic rings. The van der Waals surface area contributed by atoms with Gasteiger partial charge in [-0.15, -0.1) is 0 Å². The van der Waals surface area contributed by atoms with Gasteiger partial charge in [0.25, 0.3) is 0 Å². The van der Waals surface area contributed by atoms with E-state index in [1.165, 1.54) is 5.69 Å². The van der Waals surface area contributed by atoms with E-state index < -0.39 is 6.04 Å². The molecule has 0 saturated carbocycles. The number of anilines is 1. The van der Waals surface area contributed by atoms with Crippen LogP contribution in [0.4, 0.5) is 5.69 Å². The first-order chi connectivity index (χ1) is 9.32. The highest BCUT2D eigenvalue weighted by atomic mass is 16.2. The summed E-state index contributed by atoms with van der Waals surface area (Å²) in [4.78, 5) is 14.0. The van der Waals surface area contributed by atoms with Crippen molar-refractivity contribution in [2.24, 2.45) is 11.1 Å². The summed E-state index contributed by atoms with van der Waals surface area (Å²) < 4.78 is 0. The van der Waals surface area contributed by atoms with E-state index in [1.807, 2.05) is 39.0 Å². The molecule has 1 amide bonds. The second kappa shape index (κ2) is 7.29. The molecule has 1 atom stereocenters. The summed E-state index contributed by atoms with van der Waals surface area (Å²) in [5.41, 5.74) is 6.89. The number of para-hydroxylation sites is 1. The number of hydrogen-bond acceptors (Lipinski definition) is 3. The summed E-state index contributed by atoms with van der Waals surface area (Å²) in [6.07, 6.45) is 0.897. The third-order valence-electron chi connectivity index (χ3n) is 3.38. The third kappa shape index (κ3) is 5.21. The summed E-state index contributed by atoms with van der Waals surface area (Å²) in [6, 6.07) is 9.74. The molecule has 1 rings (SSSR count). The molecular formula is C16H27N3O. The summed E-state index contributed by atoms with van der Waals surface area (Å²) in [6.45, 7) is 7.47. The summed E-state index contributed by atoms with van der Waals surface area (Å²) in [5.74, 6) is -0.0696. The van der Waals surface area contributed by atoms with E-state index in [2.05, 4.69) is 29.4 Å². The summed E-state index contributed by atoms with van der Waals surface area (Å²) in [7, 11) is 2.05. The molecule has 0 saturated heterocycles. The maximum atomic E-state index is 11.9. The first-order valence-electron chi connectivity index (χ1n) is 7.12. The molecule has 1 unspecified atom stereocenters. The zero-order valence-corrected chi connectivity index (χ0v) is 13.0. The van der Waals surface area contributed by atoms with E-state index in [0.29, 0.717) is 6.54 Å². The molecule has 0 heterocycles. The van der Waals surface area contributed by atoms with Crippen LogP contribution in [0.2, 0.25) is 0 Å². The number of hydrogen-bond donors (Lipinski definition) is 2. The molecule has 1 aromatic rings. The number of nitrogens with one attached hydrogen (secondary N) is 1. The van der Waals surface area contributed by atoms with Crippen LogP contribution in [0, 0.1) is 5.41 Å². The van der Waals surface area contributed by atoms with Gasteiger partial charge in [0.05, 0.1) is 6.04 Å². The minimum absolute atomic E-state index is 0.0696. The molecule has 4 heteroatoms. The van der Waals surface area contributed by atoms with E-state index in [4.69, 9.17) is 5.73 Å². The van der Waals surface area contributed by atoms with Gasteiger partial charge in [0, 0.05) is 25.8 Å². The first-order valence-corrected chi connectivity index (χ1v) is 7.12. The first kappa shape index (κ1) is 16.5. The maximum absolute atomic E-state index is 11.9. The van der Waals surface area contributed by atoms with Crippen LogP contribution in [-0.2, 0) is 4.79 Å². The standard InChI is InChI=1S/C16H27N3O/c1-16(2,3)14(17)15(20)18-11-8-12-19(4)13-9-6-5-7-10-13/h5-7,9-10,14H,8,11-12,17H2,1-4H3,(H,18,20). The lowest BCUT2D eigenvalue weighted by molar-refractivity contribution is -0.124. The van der Waals surface area contributed by atoms with Crippen molar-refractivity contribution in [3.05, 3.63) is 30.3 Å². The minimum Gasteiger partial charge on any atom is -0.375 e. The zero-order chi connectivity index (χ0) is 15.2. The SMILES string of the molecule is CN(CCCNC(=O)C(N)C(C)(C)C)c1ccccc1. The van der Waals surface area contributed by atoms with Crippen molar-refractivity contribution in [3.8, 4) is 0 Å². The predicted octanol–water partition coefficient (Wildman–Crippen LogP) is 2.00. The monoisotopic (exact) mass is 277 g/mol. The topological polar surface area (TPSA) is 58.4 Å². The molecule has 0 fully saturated rings. The van der Waals surface area contributed by atoms with Crippen molar-refractivity contribution < 1.29 is 4.79 Å². The van der Waals surface area contributed by atoms with Crippen LogP contribution in [0.15, 0.2) is 30.3 Å². The lowest BCUT2D eigenvalue weighted by Crippen LogP contribution is -2.49. The molecule has 20 heavy (non-hydrogen) atoms. The molecule has 1 aromatic carbocycles. The van der Waals surface area contributed by atoms with Gasteiger partial charge in [-0.1, -0.05) is 39.0 Å². The lowest BCUT2D eigenvalue weighted by Gasteiger charge is -2.26. The Bertz CT molecular complexity index is 411. The fourth-order valence-electron chi connectivity index (χ4n) is 1.84. The average molecular weight is 277 g/mol. The van der Waals surface area contributed by atoms with Gasteiger partial charge in [0.2, 0.25) is 5.91 Å². The number of amides is 1. The molecule has 0 spiro atoms. The Labute approximate surface area is 122 Å². The van der Waals surface area contributed by atoms with E-state index in [0.717, 1.165) is 13.0 Å². The minimum atomic E-state index is -0.464. The van der Waals surface area contributed by atoms with Gasteiger partial charge in [-0.05, 0) is 24.0 Å². The highest BCUT2D eigenvalue weighted by Crippen LogP contribution is 2.17. The molecule has 0 bridgehead atoms. The average Bonchev–Trinajstić information content (AvgIpc) is 2.42. The van der Waals surface area contributed by atoms with Crippen molar-refractivity contribution in [1.29, 1.82) is 0 Å². The molecule has 0 aliphatic carbocycles. The highest BCUT2D eigenvalue weighted by Gasteiger charge is 2.26. The van der Waals surface area contributed by atoms with Crippen molar-refractivity contribution in [3.63, 3.8) is 0 Å². The fourth-order valence-corrected chi connectivity index (χ4v) is 1.84. The van der Waals surface area contributed by atoms with Crippen molar-refractivity contribution in [1.82, 2.24) is 5.32 Å². The quantitative estimate of drug-likeness (QED) is 0.782. The number of carbonyl (C=O) groups excluding carboxylic acids is 1. The van der Waals surface area contributed by atoms with Gasteiger partial charge in [0.1, 0.15) is 0 Å². The third-order valence-corrected chi connectivity index (χ3v) is 3.38. The zero-order valence-electron chi connectivity index (χ0n) is 13.0. The fraction of sp³-hybridized carbons (Fsp3) is 0.562. The Morgan fingerprint density at radius 2 is 1.90 bits per heavy atom. The maximum Gasteiger partial charge on any atom is 0.237 e. The molecule has 0 aliphatic heterocycles. The molecule has 3 N–H and O–H groups in total. The Kier molecular flexibility index (Phi) is 6.02. The van der Waals surface area contributed by atoms with Gasteiger partial charge < -0.3 is 16.0 Å². The van der Waals surface area contributed by atoms with Crippen LogP contribution in [0.3, 0.4) is 0 Å². The Hall–Kier alpha value is -1.55. The number of nitrogens with zero attached hydrogens (tertiary/aromatic N) is 1. The largest absolute Gasteiger partial charge is 0.375 e. The number of carbonyl (C=O) groups is 1. The van der Waals surface area contributed by atoms with Crippen LogP contribution in [0.5, 0.6) is 0 Å². The summed E-state index contributed by atoms with van der Waals surface area (Å²) >= 11 is 0. The van der Waals surface area contributed by atoms with Gasteiger partial charge in [-0.3, -0.25) is 4.79 Å². The lowest BCUT2D eigenvalue weighted by atomic mass is 9.87. The molecular weight excluding hydrogens is 250 g/mol. The van der Waals surface area contributed by atoms with E-state index in [9.17, 15) is 4.79 Å². The van der Waals surface area contributed by atoms with Crippen LogP contribution < -0.4 is 16.0 Å². The normalized spacial score (nSPS) is 12.8. The number of rotatable bonds is 6. The molecule has 0 aromatic heterocycles. The number of benzene rings is 1. The van der Waals surface area contributed by atoms with Crippen LogP contribution >= 0.6 is 0 Å². The predicted molar refractivity (Wildman–Crippen MR) is 84.8 cm³/mol. The molecule has 4 nitrogen and oxygen atoms in total.